The molecule has 1 atom stereocenters. The number of benzene rings is 8. The number of fused-ring (bicyclic) bond motifs is 5. The van der Waals surface area contributed by atoms with E-state index in [0.717, 1.165) is 34.0 Å². The lowest BCUT2D eigenvalue weighted by atomic mass is 9.77. The molecule has 0 saturated carbocycles. The van der Waals surface area contributed by atoms with Crippen molar-refractivity contribution < 1.29 is 4.42 Å². The van der Waals surface area contributed by atoms with E-state index in [1.165, 1.54) is 77.3 Å². The van der Waals surface area contributed by atoms with Gasteiger partial charge in [0, 0.05) is 38.6 Å². The van der Waals surface area contributed by atoms with Crippen molar-refractivity contribution in [2.45, 2.75) is 18.9 Å². The number of allylic oxidation sites excluding steroid dienone is 1. The van der Waals surface area contributed by atoms with E-state index in [-0.39, 0.29) is 0 Å². The minimum atomic E-state index is -0.595. The monoisotopic (exact) mass is 690 g/mol. The zero-order valence-electron chi connectivity index (χ0n) is 29.8. The van der Waals surface area contributed by atoms with Gasteiger partial charge in [-0.3, -0.25) is 0 Å². The molecule has 7 aliphatic heterocycles. The molecule has 8 aromatic carbocycles. The van der Waals surface area contributed by atoms with E-state index in [2.05, 4.69) is 192 Å². The molecule has 0 spiro atoms. The highest BCUT2D eigenvalue weighted by atomic mass is 16.3. The molecule has 0 aliphatic carbocycles. The van der Waals surface area contributed by atoms with Crippen LogP contribution < -0.4 is 4.90 Å². The van der Waals surface area contributed by atoms with Gasteiger partial charge in [-0.2, -0.15) is 0 Å². The second kappa shape index (κ2) is 10.8. The van der Waals surface area contributed by atoms with Gasteiger partial charge in [-0.25, -0.2) is 0 Å². The topological polar surface area (TPSA) is 21.3 Å². The predicted molar refractivity (Wildman–Crippen MR) is 225 cm³/mol. The third-order valence-corrected chi connectivity index (χ3v) is 12.2. The lowest BCUT2D eigenvalue weighted by molar-refractivity contribution is 0.627. The zero-order chi connectivity index (χ0) is 35.5. The van der Waals surface area contributed by atoms with E-state index < -0.39 is 5.54 Å². The van der Waals surface area contributed by atoms with Crippen molar-refractivity contribution in [2.75, 3.05) is 4.90 Å². The van der Waals surface area contributed by atoms with Crippen molar-refractivity contribution in [3.8, 4) is 16.8 Å². The molecule has 0 amide bonds. The van der Waals surface area contributed by atoms with Crippen LogP contribution in [-0.4, -0.2) is 4.57 Å². The second-order valence-electron chi connectivity index (χ2n) is 15.0. The molecule has 54 heavy (non-hydrogen) atoms. The molecule has 0 N–H and O–H groups in total. The Morgan fingerprint density at radius 3 is 2.13 bits per heavy atom. The Hall–Kier alpha value is -6.84. The number of rotatable bonds is 2. The Morgan fingerprint density at radius 1 is 0.500 bits per heavy atom. The lowest BCUT2D eigenvalue weighted by Crippen LogP contribution is -2.42. The van der Waals surface area contributed by atoms with Crippen LogP contribution in [0.25, 0.3) is 76.9 Å². The van der Waals surface area contributed by atoms with Gasteiger partial charge in [0.25, 0.3) is 0 Å². The smallest absolute Gasteiger partial charge is 0.135 e. The first-order valence-electron chi connectivity index (χ1n) is 18.8. The zero-order valence-corrected chi connectivity index (χ0v) is 29.8. The summed E-state index contributed by atoms with van der Waals surface area (Å²) >= 11 is 0. The molecular formula is C51H34N2O. The molecule has 2 aromatic heterocycles. The van der Waals surface area contributed by atoms with Crippen LogP contribution in [-0.2, 0) is 12.0 Å². The molecule has 0 saturated heterocycles. The van der Waals surface area contributed by atoms with E-state index >= 15 is 0 Å². The number of para-hydroxylation sites is 2. The first-order chi connectivity index (χ1) is 26.6. The number of anilines is 2. The highest BCUT2D eigenvalue weighted by Gasteiger charge is 2.42. The van der Waals surface area contributed by atoms with E-state index in [4.69, 9.17) is 4.42 Å². The highest BCUT2D eigenvalue weighted by Crippen LogP contribution is 2.52. The van der Waals surface area contributed by atoms with Crippen LogP contribution in [0, 0.1) is 0 Å². The normalized spacial score (nSPS) is 16.3. The average molecular weight is 691 g/mol. The van der Waals surface area contributed by atoms with Crippen molar-refractivity contribution in [3.63, 3.8) is 0 Å². The molecule has 9 heterocycles. The summed E-state index contributed by atoms with van der Waals surface area (Å²) in [5.74, 6) is 0. The van der Waals surface area contributed by atoms with E-state index in [1.807, 2.05) is 0 Å². The van der Waals surface area contributed by atoms with Crippen LogP contribution in [0.4, 0.5) is 11.4 Å². The molecule has 1 unspecified atom stereocenters. The number of hydrogen-bond donors (Lipinski definition) is 0. The molecule has 10 aromatic rings. The van der Waals surface area contributed by atoms with Crippen molar-refractivity contribution in [2.24, 2.45) is 0 Å². The van der Waals surface area contributed by atoms with E-state index in [0.29, 0.717) is 0 Å². The van der Waals surface area contributed by atoms with Crippen molar-refractivity contribution in [1.29, 1.82) is 0 Å². The molecule has 17 rings (SSSR count). The summed E-state index contributed by atoms with van der Waals surface area (Å²) in [6.45, 7) is 2.43. The Bertz CT molecular complexity index is 3220. The van der Waals surface area contributed by atoms with Gasteiger partial charge >= 0.3 is 0 Å². The van der Waals surface area contributed by atoms with Gasteiger partial charge in [-0.15, -0.1) is 0 Å². The molecule has 3 nitrogen and oxygen atoms in total. The third-order valence-electron chi connectivity index (χ3n) is 12.2. The molecular weight excluding hydrogens is 657 g/mol. The SMILES string of the molecule is CC12C(=CCc3ccccc3N1c1ccc3oc4ccc(-c5ccccc5)cc4c3c1)c1ccc3c(c1)c1ccccc1n3-c1ccc3cc2ccc3c1. The van der Waals surface area contributed by atoms with Crippen molar-refractivity contribution >= 4 is 71.5 Å². The summed E-state index contributed by atoms with van der Waals surface area (Å²) in [6, 6.07) is 62.8. The second-order valence-corrected chi connectivity index (χ2v) is 15.0. The maximum absolute atomic E-state index is 6.50. The van der Waals surface area contributed by atoms with Crippen LogP contribution in [0.2, 0.25) is 0 Å². The summed E-state index contributed by atoms with van der Waals surface area (Å²) in [4.78, 5) is 2.60. The summed E-state index contributed by atoms with van der Waals surface area (Å²) < 4.78 is 8.92. The maximum atomic E-state index is 6.50. The number of nitrogens with zero attached hydrogens (tertiary/aromatic N) is 2. The Balaban J connectivity index is 1.17. The number of aromatic nitrogens is 1. The van der Waals surface area contributed by atoms with Crippen LogP contribution in [0.1, 0.15) is 23.6 Å². The Morgan fingerprint density at radius 2 is 1.20 bits per heavy atom. The minimum Gasteiger partial charge on any atom is -0.456 e. The largest absolute Gasteiger partial charge is 0.456 e. The van der Waals surface area contributed by atoms with Gasteiger partial charge in [0.1, 0.15) is 11.2 Å². The molecule has 0 fully saturated rings. The fourth-order valence-electron chi connectivity index (χ4n) is 9.56. The standard InChI is InChI=1S/C51H34N2O/c1-51-38-20-15-35-28-39(21-16-34(35)27-38)52-47-14-8-6-12-41(47)42-30-37(18-24-48(42)52)45(51)23-17-33-11-5-7-13-46(33)53(51)40-22-26-50-44(31-40)43-29-36(19-25-49(43)54-50)32-9-3-2-4-10-32/h2-16,18-31H,17H2,1H3. The number of hydrogen-bond acceptors (Lipinski definition) is 2. The lowest BCUT2D eigenvalue weighted by Gasteiger charge is -2.45. The fourth-order valence-corrected chi connectivity index (χ4v) is 9.56. The quantitative estimate of drug-likeness (QED) is 0.180. The molecule has 7 aliphatic rings. The van der Waals surface area contributed by atoms with Crippen LogP contribution >= 0.6 is 0 Å². The summed E-state index contributed by atoms with van der Waals surface area (Å²) in [5, 5.41) is 7.23. The molecule has 0 radical (unpaired) electrons. The van der Waals surface area contributed by atoms with Crippen LogP contribution in [0.5, 0.6) is 0 Å². The van der Waals surface area contributed by atoms with Crippen molar-refractivity contribution in [1.82, 2.24) is 4.57 Å². The van der Waals surface area contributed by atoms with Crippen molar-refractivity contribution in [3.05, 3.63) is 193 Å². The first-order valence-corrected chi connectivity index (χ1v) is 18.8. The van der Waals surface area contributed by atoms with E-state index in [1.54, 1.807) is 0 Å². The average Bonchev–Trinajstić information content (AvgIpc) is 3.72. The molecule has 8 bridgehead atoms. The highest BCUT2D eigenvalue weighted by molar-refractivity contribution is 6.11. The number of furan rings is 1. The van der Waals surface area contributed by atoms with Gasteiger partial charge in [-0.05, 0) is 130 Å². The van der Waals surface area contributed by atoms with Gasteiger partial charge in [-0.1, -0.05) is 103 Å². The van der Waals surface area contributed by atoms with E-state index in [9.17, 15) is 0 Å². The Labute approximate surface area is 312 Å². The maximum Gasteiger partial charge on any atom is 0.135 e. The third kappa shape index (κ3) is 4.07. The summed E-state index contributed by atoms with van der Waals surface area (Å²) in [6.07, 6.45) is 3.31. The summed E-state index contributed by atoms with van der Waals surface area (Å²) in [7, 11) is 0. The van der Waals surface area contributed by atoms with Gasteiger partial charge in [0.15, 0.2) is 0 Å². The van der Waals surface area contributed by atoms with Gasteiger partial charge in [0.05, 0.1) is 16.6 Å². The predicted octanol–water partition coefficient (Wildman–Crippen LogP) is 13.5. The first kappa shape index (κ1) is 29.7. The van der Waals surface area contributed by atoms with Crippen LogP contribution in [0.15, 0.2) is 180 Å². The minimum absolute atomic E-state index is 0.595. The summed E-state index contributed by atoms with van der Waals surface area (Å²) in [5.41, 5.74) is 14.6. The van der Waals surface area contributed by atoms with Crippen LogP contribution in [0.3, 0.4) is 0 Å². The molecule has 3 heteroatoms. The Kier molecular flexibility index (Phi) is 5.97. The van der Waals surface area contributed by atoms with Gasteiger partial charge in [0.2, 0.25) is 0 Å². The fraction of sp³-hybridized carbons (Fsp3) is 0.0588. The molecule has 254 valence electrons. The van der Waals surface area contributed by atoms with Gasteiger partial charge < -0.3 is 13.9 Å².